The molecule has 4 heterocycles. The Morgan fingerprint density at radius 1 is 1.14 bits per heavy atom. The average Bonchev–Trinajstić information content (AvgIpc) is 3.04. The highest BCUT2D eigenvalue weighted by Crippen LogP contribution is 2.35. The normalized spacial score (nSPS) is 15.7. The molecule has 0 saturated carbocycles. The van der Waals surface area contributed by atoms with E-state index in [0.29, 0.717) is 18.7 Å². The van der Waals surface area contributed by atoms with Crippen LogP contribution in [0.3, 0.4) is 0 Å². The molecule has 152 valence electrons. The second-order valence-electron chi connectivity index (χ2n) is 8.60. The van der Waals surface area contributed by atoms with Crippen molar-refractivity contribution in [3.05, 3.63) is 59.9 Å². The highest BCUT2D eigenvalue weighted by atomic mass is 19.1. The van der Waals surface area contributed by atoms with Gasteiger partial charge in [-0.3, -0.25) is 14.2 Å². The summed E-state index contributed by atoms with van der Waals surface area (Å²) >= 11 is 0. The Kier molecular flexibility index (Phi) is 4.98. The fourth-order valence-electron chi connectivity index (χ4n) is 3.83. The SMILES string of the molecule is CC(C)(C)Nc1c(C2CCN(C(=O)c3ccncc3)CC2)nc2ccc(F)cn12. The first-order valence-corrected chi connectivity index (χ1v) is 9.97. The molecule has 1 aliphatic rings. The number of rotatable bonds is 3. The van der Waals surface area contributed by atoms with Crippen molar-refractivity contribution in [2.75, 3.05) is 18.4 Å². The van der Waals surface area contributed by atoms with Gasteiger partial charge in [0.15, 0.2) is 0 Å². The van der Waals surface area contributed by atoms with Crippen LogP contribution in [0.25, 0.3) is 5.65 Å². The highest BCUT2D eigenvalue weighted by Gasteiger charge is 2.29. The fraction of sp³-hybridized carbons (Fsp3) is 0.409. The zero-order valence-corrected chi connectivity index (χ0v) is 17.0. The lowest BCUT2D eigenvalue weighted by atomic mass is 9.92. The molecule has 3 aromatic heterocycles. The van der Waals surface area contributed by atoms with E-state index < -0.39 is 0 Å². The number of pyridine rings is 2. The summed E-state index contributed by atoms with van der Waals surface area (Å²) in [6, 6.07) is 6.63. The molecule has 4 rings (SSSR count). The summed E-state index contributed by atoms with van der Waals surface area (Å²) in [5.74, 6) is 0.794. The van der Waals surface area contributed by atoms with Crippen LogP contribution in [0.5, 0.6) is 0 Å². The maximum absolute atomic E-state index is 13.9. The first kappa shape index (κ1) is 19.4. The Hall–Kier alpha value is -2.96. The van der Waals surface area contributed by atoms with Crippen LogP contribution in [-0.4, -0.2) is 43.8 Å². The quantitative estimate of drug-likeness (QED) is 0.725. The molecule has 0 atom stereocenters. The Morgan fingerprint density at radius 2 is 1.83 bits per heavy atom. The molecule has 1 amide bonds. The average molecular weight is 395 g/mol. The summed E-state index contributed by atoms with van der Waals surface area (Å²) in [4.78, 5) is 23.4. The lowest BCUT2D eigenvalue weighted by Crippen LogP contribution is -2.38. The number of piperidine rings is 1. The van der Waals surface area contributed by atoms with Crippen LogP contribution in [0.15, 0.2) is 42.9 Å². The molecular formula is C22H26FN5O. The Bertz CT molecular complexity index is 1020. The number of aromatic nitrogens is 3. The molecule has 0 bridgehead atoms. The van der Waals surface area contributed by atoms with Crippen molar-refractivity contribution in [1.29, 1.82) is 0 Å². The van der Waals surface area contributed by atoms with Crippen LogP contribution in [0, 0.1) is 5.82 Å². The van der Waals surface area contributed by atoms with Crippen molar-refractivity contribution >= 4 is 17.4 Å². The minimum Gasteiger partial charge on any atom is -0.365 e. The number of nitrogens with one attached hydrogen (secondary N) is 1. The summed E-state index contributed by atoms with van der Waals surface area (Å²) in [7, 11) is 0. The summed E-state index contributed by atoms with van der Waals surface area (Å²) in [6.45, 7) is 7.56. The van der Waals surface area contributed by atoms with Crippen molar-refractivity contribution in [2.24, 2.45) is 0 Å². The molecule has 0 radical (unpaired) electrons. The third kappa shape index (κ3) is 4.09. The standard InChI is InChI=1S/C22H26FN5O/c1-22(2,3)26-20-19(25-18-5-4-17(23)14-28(18)20)15-8-12-27(13-9-15)21(29)16-6-10-24-11-7-16/h4-7,10-11,14-15,26H,8-9,12-13H2,1-3H3. The van der Waals surface area contributed by atoms with Gasteiger partial charge < -0.3 is 10.2 Å². The van der Waals surface area contributed by atoms with E-state index in [9.17, 15) is 9.18 Å². The van der Waals surface area contributed by atoms with Crippen molar-refractivity contribution in [3.63, 3.8) is 0 Å². The molecule has 7 heteroatoms. The van der Waals surface area contributed by atoms with E-state index in [2.05, 4.69) is 31.1 Å². The Morgan fingerprint density at radius 3 is 2.48 bits per heavy atom. The monoisotopic (exact) mass is 395 g/mol. The molecule has 0 aliphatic carbocycles. The molecule has 1 saturated heterocycles. The first-order valence-electron chi connectivity index (χ1n) is 9.97. The third-order valence-corrected chi connectivity index (χ3v) is 5.20. The minimum atomic E-state index is -0.295. The van der Waals surface area contributed by atoms with Gasteiger partial charge in [0.1, 0.15) is 17.3 Å². The predicted molar refractivity (Wildman–Crippen MR) is 111 cm³/mol. The number of imidazole rings is 1. The summed E-state index contributed by atoms with van der Waals surface area (Å²) < 4.78 is 15.7. The molecule has 1 N–H and O–H groups in total. The molecular weight excluding hydrogens is 369 g/mol. The van der Waals surface area contributed by atoms with Gasteiger partial charge in [-0.25, -0.2) is 9.37 Å². The number of amides is 1. The minimum absolute atomic E-state index is 0.0379. The lowest BCUT2D eigenvalue weighted by molar-refractivity contribution is 0.0712. The molecule has 1 fully saturated rings. The smallest absolute Gasteiger partial charge is 0.253 e. The second kappa shape index (κ2) is 7.46. The maximum atomic E-state index is 13.9. The predicted octanol–water partition coefficient (Wildman–Crippen LogP) is 4.10. The number of nitrogens with zero attached hydrogens (tertiary/aromatic N) is 4. The number of carbonyl (C=O) groups is 1. The lowest BCUT2D eigenvalue weighted by Gasteiger charge is -2.32. The molecule has 6 nitrogen and oxygen atoms in total. The molecule has 29 heavy (non-hydrogen) atoms. The van der Waals surface area contributed by atoms with E-state index in [0.717, 1.165) is 30.0 Å². The van der Waals surface area contributed by atoms with Gasteiger partial charge >= 0.3 is 0 Å². The van der Waals surface area contributed by atoms with Crippen LogP contribution >= 0.6 is 0 Å². The van der Waals surface area contributed by atoms with E-state index in [1.54, 1.807) is 35.0 Å². The van der Waals surface area contributed by atoms with Crippen molar-refractivity contribution in [2.45, 2.75) is 45.1 Å². The van der Waals surface area contributed by atoms with Crippen LogP contribution in [0.1, 0.15) is 55.6 Å². The number of halogens is 1. The molecule has 1 aliphatic heterocycles. The first-order chi connectivity index (χ1) is 13.8. The number of anilines is 1. The van der Waals surface area contributed by atoms with Gasteiger partial charge in [-0.1, -0.05) is 0 Å². The fourth-order valence-corrected chi connectivity index (χ4v) is 3.83. The molecule has 0 aromatic carbocycles. The molecule has 3 aromatic rings. The van der Waals surface area contributed by atoms with Crippen LogP contribution < -0.4 is 5.32 Å². The Balaban J connectivity index is 1.58. The van der Waals surface area contributed by atoms with E-state index in [1.807, 2.05) is 4.90 Å². The van der Waals surface area contributed by atoms with Gasteiger partial charge in [0, 0.05) is 48.7 Å². The number of carbonyl (C=O) groups excluding carboxylic acids is 1. The van der Waals surface area contributed by atoms with Crippen molar-refractivity contribution in [3.8, 4) is 0 Å². The van der Waals surface area contributed by atoms with Gasteiger partial charge in [-0.15, -0.1) is 0 Å². The van der Waals surface area contributed by atoms with Gasteiger partial charge in [0.05, 0.1) is 5.69 Å². The van der Waals surface area contributed by atoms with Crippen LogP contribution in [0.4, 0.5) is 10.2 Å². The van der Waals surface area contributed by atoms with E-state index >= 15 is 0 Å². The summed E-state index contributed by atoms with van der Waals surface area (Å²) in [5.41, 5.74) is 2.15. The third-order valence-electron chi connectivity index (χ3n) is 5.20. The van der Waals surface area contributed by atoms with E-state index in [-0.39, 0.29) is 23.2 Å². The van der Waals surface area contributed by atoms with Gasteiger partial charge in [0.25, 0.3) is 5.91 Å². The van der Waals surface area contributed by atoms with Crippen molar-refractivity contribution < 1.29 is 9.18 Å². The van der Waals surface area contributed by atoms with Gasteiger partial charge in [0.2, 0.25) is 0 Å². The second-order valence-corrected chi connectivity index (χ2v) is 8.60. The molecule has 0 unspecified atom stereocenters. The van der Waals surface area contributed by atoms with E-state index in [1.165, 1.54) is 12.3 Å². The van der Waals surface area contributed by atoms with Gasteiger partial charge in [-0.05, 0) is 57.9 Å². The highest BCUT2D eigenvalue weighted by molar-refractivity contribution is 5.94. The number of fused-ring (bicyclic) bond motifs is 1. The Labute approximate surface area is 169 Å². The number of hydrogen-bond donors (Lipinski definition) is 1. The largest absolute Gasteiger partial charge is 0.365 e. The zero-order valence-electron chi connectivity index (χ0n) is 17.0. The van der Waals surface area contributed by atoms with Crippen LogP contribution in [0.2, 0.25) is 0 Å². The van der Waals surface area contributed by atoms with E-state index in [4.69, 9.17) is 4.98 Å². The zero-order chi connectivity index (χ0) is 20.6. The number of hydrogen-bond acceptors (Lipinski definition) is 4. The summed E-state index contributed by atoms with van der Waals surface area (Å²) in [6.07, 6.45) is 6.40. The molecule has 0 spiro atoms. The van der Waals surface area contributed by atoms with Crippen molar-refractivity contribution in [1.82, 2.24) is 19.3 Å². The summed E-state index contributed by atoms with van der Waals surface area (Å²) in [5, 5.41) is 3.50. The van der Waals surface area contributed by atoms with Gasteiger partial charge in [-0.2, -0.15) is 0 Å². The van der Waals surface area contributed by atoms with Crippen LogP contribution in [-0.2, 0) is 0 Å². The topological polar surface area (TPSA) is 62.5 Å². The number of likely N-dealkylation sites (tertiary alicyclic amines) is 1. The maximum Gasteiger partial charge on any atom is 0.253 e.